The Bertz CT molecular complexity index is 982. The number of aryl methyl sites for hydroxylation is 1. The molecule has 3 aromatic rings. The minimum Gasteiger partial charge on any atom is -0.465 e. The number of methoxy groups -OCH3 is 1. The van der Waals surface area contributed by atoms with Crippen molar-refractivity contribution in [3.8, 4) is 6.07 Å². The van der Waals surface area contributed by atoms with E-state index in [2.05, 4.69) is 21.4 Å². The quantitative estimate of drug-likeness (QED) is 0.720. The van der Waals surface area contributed by atoms with Crippen LogP contribution in [0.25, 0.3) is 11.0 Å². The van der Waals surface area contributed by atoms with E-state index in [0.717, 1.165) is 5.69 Å². The first kappa shape index (κ1) is 18.2. The molecule has 0 unspecified atom stereocenters. The zero-order chi connectivity index (χ0) is 17.1. The highest BCUT2D eigenvalue weighted by molar-refractivity contribution is 6.05. The van der Waals surface area contributed by atoms with Crippen molar-refractivity contribution in [1.82, 2.24) is 9.97 Å². The van der Waals surface area contributed by atoms with Crippen LogP contribution in [0.3, 0.4) is 0 Å². The first-order valence-corrected chi connectivity index (χ1v) is 7.24. The van der Waals surface area contributed by atoms with Gasteiger partial charge in [0.2, 0.25) is 0 Å². The van der Waals surface area contributed by atoms with Crippen LogP contribution in [0.4, 0.5) is 11.4 Å². The molecule has 0 aliphatic rings. The van der Waals surface area contributed by atoms with Crippen molar-refractivity contribution < 1.29 is 9.53 Å². The maximum atomic E-state index is 12.1. The number of carbonyl (C=O) groups excluding carboxylic acids is 1. The number of fused-ring (bicyclic) bond motifs is 1. The summed E-state index contributed by atoms with van der Waals surface area (Å²) in [7, 11) is 1.32. The third-order valence-corrected chi connectivity index (χ3v) is 3.54. The SMILES string of the molecule is COC(=O)c1cnc2nc(C)ccc2c1Nc1cccc(C#N)c1.Cl. The topological polar surface area (TPSA) is 87.9 Å². The molecule has 0 amide bonds. The molecular formula is C18H15ClN4O2. The number of nitrogens with one attached hydrogen (secondary N) is 1. The Morgan fingerprint density at radius 2 is 2.08 bits per heavy atom. The molecule has 0 aliphatic carbocycles. The van der Waals surface area contributed by atoms with E-state index in [1.165, 1.54) is 13.3 Å². The van der Waals surface area contributed by atoms with Crippen LogP contribution in [-0.2, 0) is 4.74 Å². The van der Waals surface area contributed by atoms with Gasteiger partial charge in [-0.15, -0.1) is 12.4 Å². The Morgan fingerprint density at radius 1 is 1.28 bits per heavy atom. The molecule has 1 N–H and O–H groups in total. The van der Waals surface area contributed by atoms with Crippen LogP contribution in [0, 0.1) is 18.3 Å². The molecule has 126 valence electrons. The molecule has 0 saturated heterocycles. The molecule has 0 fully saturated rings. The number of pyridine rings is 2. The summed E-state index contributed by atoms with van der Waals surface area (Å²) in [5.74, 6) is -0.496. The largest absolute Gasteiger partial charge is 0.465 e. The second-order valence-electron chi connectivity index (χ2n) is 5.18. The molecule has 0 spiro atoms. The fourth-order valence-corrected chi connectivity index (χ4v) is 2.38. The summed E-state index contributed by atoms with van der Waals surface area (Å²) in [6.45, 7) is 1.87. The van der Waals surface area contributed by atoms with E-state index in [1.807, 2.05) is 25.1 Å². The first-order valence-electron chi connectivity index (χ1n) is 7.24. The number of aromatic nitrogens is 2. The molecule has 6 nitrogen and oxygen atoms in total. The number of esters is 1. The normalized spacial score (nSPS) is 9.80. The van der Waals surface area contributed by atoms with Gasteiger partial charge in [-0.25, -0.2) is 14.8 Å². The van der Waals surface area contributed by atoms with E-state index in [1.54, 1.807) is 18.2 Å². The van der Waals surface area contributed by atoms with Crippen LogP contribution in [-0.4, -0.2) is 23.0 Å². The van der Waals surface area contributed by atoms with E-state index in [0.29, 0.717) is 33.5 Å². The van der Waals surface area contributed by atoms with Crippen LogP contribution < -0.4 is 5.32 Å². The minimum atomic E-state index is -0.496. The number of benzene rings is 1. The van der Waals surface area contributed by atoms with Crippen molar-refractivity contribution in [2.75, 3.05) is 12.4 Å². The molecule has 0 atom stereocenters. The van der Waals surface area contributed by atoms with E-state index < -0.39 is 5.97 Å². The lowest BCUT2D eigenvalue weighted by atomic mass is 10.1. The molecule has 0 aliphatic heterocycles. The molecule has 0 saturated carbocycles. The molecule has 0 radical (unpaired) electrons. The number of hydrogen-bond donors (Lipinski definition) is 1. The van der Waals surface area contributed by atoms with Crippen molar-refractivity contribution in [2.24, 2.45) is 0 Å². The molecular weight excluding hydrogens is 340 g/mol. The van der Waals surface area contributed by atoms with Crippen LogP contribution in [0.1, 0.15) is 21.6 Å². The van der Waals surface area contributed by atoms with Gasteiger partial charge in [0, 0.05) is 23.0 Å². The summed E-state index contributed by atoms with van der Waals surface area (Å²) in [4.78, 5) is 20.7. The summed E-state index contributed by atoms with van der Waals surface area (Å²) >= 11 is 0. The zero-order valence-electron chi connectivity index (χ0n) is 13.6. The molecule has 1 aromatic carbocycles. The number of ether oxygens (including phenoxy) is 1. The minimum absolute atomic E-state index is 0. The third-order valence-electron chi connectivity index (χ3n) is 3.54. The third kappa shape index (κ3) is 3.67. The van der Waals surface area contributed by atoms with Gasteiger partial charge in [0.1, 0.15) is 5.56 Å². The van der Waals surface area contributed by atoms with Crippen molar-refractivity contribution >= 4 is 40.8 Å². The van der Waals surface area contributed by atoms with Crippen molar-refractivity contribution in [2.45, 2.75) is 6.92 Å². The molecule has 2 aromatic heterocycles. The lowest BCUT2D eigenvalue weighted by Gasteiger charge is -2.13. The van der Waals surface area contributed by atoms with Gasteiger partial charge in [-0.2, -0.15) is 5.26 Å². The lowest BCUT2D eigenvalue weighted by Crippen LogP contribution is -2.08. The summed E-state index contributed by atoms with van der Waals surface area (Å²) in [5, 5.41) is 12.9. The summed E-state index contributed by atoms with van der Waals surface area (Å²) in [6.07, 6.45) is 1.44. The number of nitriles is 1. The van der Waals surface area contributed by atoms with E-state index in [-0.39, 0.29) is 12.4 Å². The number of nitrogens with zero attached hydrogens (tertiary/aromatic N) is 3. The van der Waals surface area contributed by atoms with E-state index in [4.69, 9.17) is 10.00 Å². The number of anilines is 2. The molecule has 0 bridgehead atoms. The Labute approximate surface area is 150 Å². The predicted octanol–water partition coefficient (Wildman–Crippen LogP) is 3.76. The molecule has 25 heavy (non-hydrogen) atoms. The number of carbonyl (C=O) groups is 1. The maximum absolute atomic E-state index is 12.1. The fraction of sp³-hybridized carbons (Fsp3) is 0.111. The lowest BCUT2D eigenvalue weighted by molar-refractivity contribution is 0.0601. The second-order valence-corrected chi connectivity index (χ2v) is 5.18. The number of halogens is 1. The monoisotopic (exact) mass is 354 g/mol. The van der Waals surface area contributed by atoms with Gasteiger partial charge in [0.25, 0.3) is 0 Å². The second kappa shape index (κ2) is 7.60. The summed E-state index contributed by atoms with van der Waals surface area (Å²) in [6, 6.07) is 12.8. The molecule has 7 heteroatoms. The first-order chi connectivity index (χ1) is 11.6. The average Bonchev–Trinajstić information content (AvgIpc) is 2.61. The van der Waals surface area contributed by atoms with Gasteiger partial charge in [-0.3, -0.25) is 0 Å². The Hall–Kier alpha value is -3.17. The highest BCUT2D eigenvalue weighted by Crippen LogP contribution is 2.29. The van der Waals surface area contributed by atoms with Gasteiger partial charge in [0.15, 0.2) is 5.65 Å². The standard InChI is InChI=1S/C18H14N4O2.ClH/c1-11-6-7-14-16(22-13-5-3-4-12(8-13)9-19)15(18(23)24-2)10-20-17(14)21-11;/h3-8,10H,1-2H3,(H,20,21,22);1H. The van der Waals surface area contributed by atoms with Gasteiger partial charge < -0.3 is 10.1 Å². The van der Waals surface area contributed by atoms with Gasteiger partial charge in [-0.1, -0.05) is 6.07 Å². The summed E-state index contributed by atoms with van der Waals surface area (Å²) in [5.41, 5.74) is 3.42. The van der Waals surface area contributed by atoms with Crippen molar-refractivity contribution in [3.05, 3.63) is 59.4 Å². The molecule has 2 heterocycles. The van der Waals surface area contributed by atoms with E-state index >= 15 is 0 Å². The predicted molar refractivity (Wildman–Crippen MR) is 97.3 cm³/mol. The Balaban J connectivity index is 0.00000225. The van der Waals surface area contributed by atoms with Crippen molar-refractivity contribution in [3.63, 3.8) is 0 Å². The Morgan fingerprint density at radius 3 is 2.80 bits per heavy atom. The van der Waals surface area contributed by atoms with Crippen LogP contribution in [0.2, 0.25) is 0 Å². The highest BCUT2D eigenvalue weighted by Gasteiger charge is 2.17. The van der Waals surface area contributed by atoms with Crippen LogP contribution in [0.15, 0.2) is 42.6 Å². The van der Waals surface area contributed by atoms with Gasteiger partial charge in [0.05, 0.1) is 24.4 Å². The maximum Gasteiger partial charge on any atom is 0.341 e. The summed E-state index contributed by atoms with van der Waals surface area (Å²) < 4.78 is 4.84. The zero-order valence-corrected chi connectivity index (χ0v) is 14.4. The van der Waals surface area contributed by atoms with Crippen LogP contribution >= 0.6 is 12.4 Å². The van der Waals surface area contributed by atoms with Gasteiger partial charge in [-0.05, 0) is 37.3 Å². The fourth-order valence-electron chi connectivity index (χ4n) is 2.38. The molecule has 3 rings (SSSR count). The van der Waals surface area contributed by atoms with E-state index in [9.17, 15) is 4.79 Å². The average molecular weight is 355 g/mol. The smallest absolute Gasteiger partial charge is 0.341 e. The Kier molecular flexibility index (Phi) is 5.52. The van der Waals surface area contributed by atoms with Crippen molar-refractivity contribution in [1.29, 1.82) is 5.26 Å². The van der Waals surface area contributed by atoms with Gasteiger partial charge >= 0.3 is 5.97 Å². The number of rotatable bonds is 3. The van der Waals surface area contributed by atoms with Crippen LogP contribution in [0.5, 0.6) is 0 Å². The number of hydrogen-bond acceptors (Lipinski definition) is 6. The highest BCUT2D eigenvalue weighted by atomic mass is 35.5.